The second-order valence-electron chi connectivity index (χ2n) is 4.20. The number of carbonyl (C=O) groups is 1. The number of nitrogens with zero attached hydrogens (tertiary/aromatic N) is 3. The minimum Gasteiger partial charge on any atom is -0.368 e. The normalized spacial score (nSPS) is 18.5. The molecule has 0 radical (unpaired) electrons. The zero-order chi connectivity index (χ0) is 11.4. The van der Waals surface area contributed by atoms with E-state index in [2.05, 4.69) is 14.9 Å². The molecule has 1 fully saturated rings. The molecular weight excluding hydrogens is 204 g/mol. The molecule has 0 saturated carbocycles. The van der Waals surface area contributed by atoms with Gasteiger partial charge in [0.1, 0.15) is 6.29 Å². The molecule has 1 aliphatic rings. The SMILES string of the molecule is Nc1ncc(CN2CCC(C=O)CC2)cn1. The molecule has 2 rings (SSSR count). The predicted octanol–water partition coefficient (Wildman–Crippen LogP) is 0.470. The maximum absolute atomic E-state index is 10.6. The largest absolute Gasteiger partial charge is 0.368 e. The van der Waals surface area contributed by atoms with Crippen LogP contribution in [-0.4, -0.2) is 34.2 Å². The average molecular weight is 220 g/mol. The summed E-state index contributed by atoms with van der Waals surface area (Å²) in [5, 5.41) is 0. The Morgan fingerprint density at radius 2 is 2.00 bits per heavy atom. The highest BCUT2D eigenvalue weighted by atomic mass is 16.1. The molecule has 0 bridgehead atoms. The van der Waals surface area contributed by atoms with Crippen LogP contribution in [-0.2, 0) is 11.3 Å². The summed E-state index contributed by atoms with van der Waals surface area (Å²) in [5.74, 6) is 0.558. The minimum absolute atomic E-state index is 0.249. The van der Waals surface area contributed by atoms with Crippen LogP contribution in [0.15, 0.2) is 12.4 Å². The number of rotatable bonds is 3. The number of nitrogen functional groups attached to an aromatic ring is 1. The lowest BCUT2D eigenvalue weighted by Crippen LogP contribution is -2.33. The van der Waals surface area contributed by atoms with Crippen molar-refractivity contribution in [3.8, 4) is 0 Å². The summed E-state index contributed by atoms with van der Waals surface area (Å²) in [6, 6.07) is 0. The Labute approximate surface area is 94.7 Å². The van der Waals surface area contributed by atoms with Crippen molar-refractivity contribution < 1.29 is 4.79 Å². The van der Waals surface area contributed by atoms with Crippen molar-refractivity contribution in [1.82, 2.24) is 14.9 Å². The Bertz CT molecular complexity index is 344. The van der Waals surface area contributed by atoms with Gasteiger partial charge in [0.05, 0.1) is 0 Å². The van der Waals surface area contributed by atoms with Gasteiger partial charge in [0, 0.05) is 30.4 Å². The lowest BCUT2D eigenvalue weighted by molar-refractivity contribution is -0.112. The standard InChI is InChI=1S/C11H16N4O/c12-11-13-5-10(6-14-11)7-15-3-1-9(8-16)2-4-15/h5-6,8-9H,1-4,7H2,(H2,12,13,14). The molecule has 2 heterocycles. The zero-order valence-electron chi connectivity index (χ0n) is 9.17. The van der Waals surface area contributed by atoms with E-state index >= 15 is 0 Å². The van der Waals surface area contributed by atoms with Gasteiger partial charge in [0.15, 0.2) is 0 Å². The average Bonchev–Trinajstić information content (AvgIpc) is 2.33. The Hall–Kier alpha value is -1.49. The van der Waals surface area contributed by atoms with Crippen LogP contribution in [0, 0.1) is 5.92 Å². The van der Waals surface area contributed by atoms with E-state index in [-0.39, 0.29) is 5.92 Å². The molecule has 0 aliphatic carbocycles. The van der Waals surface area contributed by atoms with Crippen LogP contribution in [0.4, 0.5) is 5.95 Å². The van der Waals surface area contributed by atoms with Crippen LogP contribution >= 0.6 is 0 Å². The number of likely N-dealkylation sites (tertiary alicyclic amines) is 1. The van der Waals surface area contributed by atoms with Crippen LogP contribution in [0.1, 0.15) is 18.4 Å². The molecule has 2 N–H and O–H groups in total. The third kappa shape index (κ3) is 2.76. The number of piperidine rings is 1. The van der Waals surface area contributed by atoms with Crippen molar-refractivity contribution in [2.24, 2.45) is 5.92 Å². The third-order valence-corrected chi connectivity index (χ3v) is 2.96. The van der Waals surface area contributed by atoms with Gasteiger partial charge < -0.3 is 10.5 Å². The van der Waals surface area contributed by atoms with E-state index < -0.39 is 0 Å². The molecule has 0 amide bonds. The Morgan fingerprint density at radius 1 is 1.38 bits per heavy atom. The summed E-state index contributed by atoms with van der Waals surface area (Å²) in [7, 11) is 0. The molecule has 0 atom stereocenters. The predicted molar refractivity (Wildman–Crippen MR) is 60.5 cm³/mol. The molecule has 86 valence electrons. The Kier molecular flexibility index (Phi) is 3.46. The molecule has 0 aromatic carbocycles. The molecule has 1 aromatic rings. The number of carbonyl (C=O) groups excluding carboxylic acids is 1. The maximum Gasteiger partial charge on any atom is 0.219 e. The Morgan fingerprint density at radius 3 is 2.56 bits per heavy atom. The molecule has 5 heteroatoms. The molecule has 0 spiro atoms. The van der Waals surface area contributed by atoms with Gasteiger partial charge in [0.2, 0.25) is 5.95 Å². The van der Waals surface area contributed by atoms with Crippen LogP contribution in [0.2, 0.25) is 0 Å². The van der Waals surface area contributed by atoms with E-state index in [4.69, 9.17) is 5.73 Å². The third-order valence-electron chi connectivity index (χ3n) is 2.96. The minimum atomic E-state index is 0.249. The second-order valence-corrected chi connectivity index (χ2v) is 4.20. The molecule has 1 aliphatic heterocycles. The maximum atomic E-state index is 10.6. The lowest BCUT2D eigenvalue weighted by atomic mass is 9.98. The van der Waals surface area contributed by atoms with Gasteiger partial charge in [-0.15, -0.1) is 0 Å². The first-order valence-corrected chi connectivity index (χ1v) is 5.52. The topological polar surface area (TPSA) is 72.1 Å². The molecule has 5 nitrogen and oxygen atoms in total. The summed E-state index contributed by atoms with van der Waals surface area (Å²) < 4.78 is 0. The fourth-order valence-electron chi connectivity index (χ4n) is 1.95. The number of aromatic nitrogens is 2. The first-order chi connectivity index (χ1) is 7.78. The number of hydrogen-bond donors (Lipinski definition) is 1. The zero-order valence-corrected chi connectivity index (χ0v) is 9.17. The van der Waals surface area contributed by atoms with Crippen LogP contribution in [0.3, 0.4) is 0 Å². The van der Waals surface area contributed by atoms with E-state index in [1.54, 1.807) is 12.4 Å². The highest BCUT2D eigenvalue weighted by Crippen LogP contribution is 2.16. The quantitative estimate of drug-likeness (QED) is 0.750. The Balaban J connectivity index is 1.86. The first kappa shape index (κ1) is 11.0. The van der Waals surface area contributed by atoms with Gasteiger partial charge in [0.25, 0.3) is 0 Å². The van der Waals surface area contributed by atoms with Crippen molar-refractivity contribution in [2.75, 3.05) is 18.8 Å². The summed E-state index contributed by atoms with van der Waals surface area (Å²) in [6.07, 6.45) is 6.50. The van der Waals surface area contributed by atoms with E-state index in [1.807, 2.05) is 0 Å². The molecular formula is C11H16N4O. The number of nitrogens with two attached hydrogens (primary N) is 1. The van der Waals surface area contributed by atoms with Gasteiger partial charge in [-0.1, -0.05) is 0 Å². The summed E-state index contributed by atoms with van der Waals surface area (Å²) in [5.41, 5.74) is 6.49. The van der Waals surface area contributed by atoms with E-state index in [1.165, 1.54) is 0 Å². The van der Waals surface area contributed by atoms with Crippen molar-refractivity contribution in [3.05, 3.63) is 18.0 Å². The van der Waals surface area contributed by atoms with Crippen molar-refractivity contribution >= 4 is 12.2 Å². The summed E-state index contributed by atoms with van der Waals surface area (Å²) in [4.78, 5) is 20.8. The van der Waals surface area contributed by atoms with Crippen LogP contribution < -0.4 is 5.73 Å². The molecule has 1 aromatic heterocycles. The highest BCUT2D eigenvalue weighted by Gasteiger charge is 2.18. The van der Waals surface area contributed by atoms with Gasteiger partial charge in [-0.25, -0.2) is 9.97 Å². The van der Waals surface area contributed by atoms with Crippen molar-refractivity contribution in [2.45, 2.75) is 19.4 Å². The molecule has 16 heavy (non-hydrogen) atoms. The first-order valence-electron chi connectivity index (χ1n) is 5.52. The monoisotopic (exact) mass is 220 g/mol. The van der Waals surface area contributed by atoms with Gasteiger partial charge >= 0.3 is 0 Å². The summed E-state index contributed by atoms with van der Waals surface area (Å²) in [6.45, 7) is 2.77. The molecule has 0 unspecified atom stereocenters. The fraction of sp³-hybridized carbons (Fsp3) is 0.545. The number of anilines is 1. The van der Waals surface area contributed by atoms with E-state index in [0.29, 0.717) is 5.95 Å². The van der Waals surface area contributed by atoms with E-state index in [9.17, 15) is 4.79 Å². The summed E-state index contributed by atoms with van der Waals surface area (Å²) >= 11 is 0. The van der Waals surface area contributed by atoms with Crippen LogP contribution in [0.5, 0.6) is 0 Å². The molecule has 1 saturated heterocycles. The van der Waals surface area contributed by atoms with Gasteiger partial charge in [-0.2, -0.15) is 0 Å². The van der Waals surface area contributed by atoms with Crippen LogP contribution in [0.25, 0.3) is 0 Å². The van der Waals surface area contributed by atoms with Crippen molar-refractivity contribution in [3.63, 3.8) is 0 Å². The fourth-order valence-corrected chi connectivity index (χ4v) is 1.95. The second kappa shape index (κ2) is 5.03. The van der Waals surface area contributed by atoms with E-state index in [0.717, 1.165) is 44.3 Å². The van der Waals surface area contributed by atoms with Gasteiger partial charge in [-0.05, 0) is 25.9 Å². The van der Waals surface area contributed by atoms with Crippen molar-refractivity contribution in [1.29, 1.82) is 0 Å². The number of hydrogen-bond acceptors (Lipinski definition) is 5. The smallest absolute Gasteiger partial charge is 0.219 e. The number of aldehydes is 1. The highest BCUT2D eigenvalue weighted by molar-refractivity contribution is 5.53. The lowest BCUT2D eigenvalue weighted by Gasteiger charge is -2.29. The van der Waals surface area contributed by atoms with Gasteiger partial charge in [-0.3, -0.25) is 4.90 Å².